The summed E-state index contributed by atoms with van der Waals surface area (Å²) in [6, 6.07) is 6.28. The summed E-state index contributed by atoms with van der Waals surface area (Å²) in [4.78, 5) is 6.80. The number of likely N-dealkylation sites (tertiary alicyclic amines) is 1. The maximum Gasteiger partial charge on any atom is 0.193 e. The van der Waals surface area contributed by atoms with Crippen LogP contribution in [0, 0.1) is 6.92 Å². The fourth-order valence-electron chi connectivity index (χ4n) is 3.98. The van der Waals surface area contributed by atoms with Crippen LogP contribution in [0.1, 0.15) is 43.2 Å². The van der Waals surface area contributed by atoms with E-state index in [9.17, 15) is 0 Å². The molecule has 2 aliphatic heterocycles. The lowest BCUT2D eigenvalue weighted by Crippen LogP contribution is -2.47. The summed E-state index contributed by atoms with van der Waals surface area (Å²) in [6.07, 6.45) is 6.31. The molecule has 28 heavy (non-hydrogen) atoms. The highest BCUT2D eigenvalue weighted by Crippen LogP contribution is 2.19. The third kappa shape index (κ3) is 5.85. The predicted molar refractivity (Wildman–Crippen MR) is 112 cm³/mol. The van der Waals surface area contributed by atoms with Gasteiger partial charge in [-0.25, -0.2) is 0 Å². The monoisotopic (exact) mass is 389 g/mol. The normalized spacial score (nSPS) is 21.6. The second kappa shape index (κ2) is 10.7. The number of benzene rings is 1. The highest BCUT2D eigenvalue weighted by atomic mass is 16.5. The molecule has 1 atom stereocenters. The van der Waals surface area contributed by atoms with Crippen molar-refractivity contribution in [2.45, 2.75) is 57.8 Å². The zero-order chi connectivity index (χ0) is 19.8. The third-order valence-electron chi connectivity index (χ3n) is 5.66. The number of guanidine groups is 1. The number of methoxy groups -OCH3 is 1. The van der Waals surface area contributed by atoms with E-state index in [1.165, 1.54) is 18.4 Å². The summed E-state index contributed by atoms with van der Waals surface area (Å²) in [6.45, 7) is 6.40. The van der Waals surface area contributed by atoms with Crippen LogP contribution in [0.15, 0.2) is 23.2 Å². The highest BCUT2D eigenvalue weighted by molar-refractivity contribution is 5.80. The second-order valence-corrected chi connectivity index (χ2v) is 7.71. The van der Waals surface area contributed by atoms with Crippen molar-refractivity contribution in [2.75, 3.05) is 40.5 Å². The van der Waals surface area contributed by atoms with E-state index < -0.39 is 0 Å². The molecule has 2 saturated heterocycles. The molecule has 0 aromatic heterocycles. The van der Waals surface area contributed by atoms with Gasteiger partial charge >= 0.3 is 0 Å². The molecule has 0 spiro atoms. The molecule has 0 saturated carbocycles. The van der Waals surface area contributed by atoms with Gasteiger partial charge in [0.05, 0.1) is 25.9 Å². The first-order valence-corrected chi connectivity index (χ1v) is 10.5. The average molecular weight is 390 g/mol. The van der Waals surface area contributed by atoms with Crippen LogP contribution >= 0.6 is 0 Å². The molecular formula is C22H35N3O3. The molecule has 1 unspecified atom stereocenters. The Morgan fingerprint density at radius 2 is 2.07 bits per heavy atom. The van der Waals surface area contributed by atoms with E-state index in [-0.39, 0.29) is 0 Å². The van der Waals surface area contributed by atoms with E-state index in [1.807, 2.05) is 13.1 Å². The smallest absolute Gasteiger partial charge is 0.193 e. The van der Waals surface area contributed by atoms with Crippen LogP contribution in [0.5, 0.6) is 5.75 Å². The number of hydrogen-bond acceptors (Lipinski definition) is 4. The van der Waals surface area contributed by atoms with Crippen molar-refractivity contribution in [3.05, 3.63) is 29.3 Å². The summed E-state index contributed by atoms with van der Waals surface area (Å²) in [5, 5.41) is 3.49. The van der Waals surface area contributed by atoms with Crippen molar-refractivity contribution >= 4 is 5.96 Å². The zero-order valence-corrected chi connectivity index (χ0v) is 17.6. The molecule has 156 valence electrons. The van der Waals surface area contributed by atoms with Crippen LogP contribution in [-0.2, 0) is 16.0 Å². The summed E-state index contributed by atoms with van der Waals surface area (Å²) in [7, 11) is 3.56. The van der Waals surface area contributed by atoms with Gasteiger partial charge in [-0.05, 0) is 56.2 Å². The van der Waals surface area contributed by atoms with Crippen molar-refractivity contribution in [3.8, 4) is 5.75 Å². The van der Waals surface area contributed by atoms with E-state index in [4.69, 9.17) is 14.2 Å². The maximum atomic E-state index is 6.12. The number of aryl methyl sites for hydroxylation is 1. The average Bonchev–Trinajstić information content (AvgIpc) is 2.74. The van der Waals surface area contributed by atoms with Crippen LogP contribution in [0.4, 0.5) is 0 Å². The molecule has 2 aliphatic rings. The standard InChI is InChI=1S/C22H35N3O3/c1-17-14-18(7-8-21(17)26-3)15-24-22(23-2)25-11-9-19(10-12-25)28-16-20-6-4-5-13-27-20/h7-8,14,19-20H,4-6,9-13,15-16H2,1-3H3,(H,23,24). The lowest BCUT2D eigenvalue weighted by atomic mass is 10.1. The fourth-order valence-corrected chi connectivity index (χ4v) is 3.98. The Morgan fingerprint density at radius 1 is 1.25 bits per heavy atom. The minimum absolute atomic E-state index is 0.300. The zero-order valence-electron chi connectivity index (χ0n) is 17.6. The van der Waals surface area contributed by atoms with Crippen molar-refractivity contribution in [2.24, 2.45) is 4.99 Å². The van der Waals surface area contributed by atoms with Gasteiger partial charge in [0.1, 0.15) is 5.75 Å². The number of nitrogens with zero attached hydrogens (tertiary/aromatic N) is 2. The predicted octanol–water partition coefficient (Wildman–Crippen LogP) is 3.13. The van der Waals surface area contributed by atoms with Gasteiger partial charge in [0.15, 0.2) is 5.96 Å². The minimum Gasteiger partial charge on any atom is -0.496 e. The molecule has 0 aliphatic carbocycles. The maximum absolute atomic E-state index is 6.12. The van der Waals surface area contributed by atoms with Crippen LogP contribution < -0.4 is 10.1 Å². The summed E-state index contributed by atoms with van der Waals surface area (Å²) >= 11 is 0. The Labute approximate surface area is 169 Å². The van der Waals surface area contributed by atoms with Gasteiger partial charge in [-0.3, -0.25) is 4.99 Å². The Hall–Kier alpha value is -1.79. The first kappa shape index (κ1) is 20.9. The molecule has 2 fully saturated rings. The first-order chi connectivity index (χ1) is 13.7. The van der Waals surface area contributed by atoms with Crippen LogP contribution in [-0.4, -0.2) is 63.5 Å². The van der Waals surface area contributed by atoms with Gasteiger partial charge in [0, 0.05) is 33.3 Å². The lowest BCUT2D eigenvalue weighted by molar-refractivity contribution is -0.0721. The number of nitrogens with one attached hydrogen (secondary N) is 1. The van der Waals surface area contributed by atoms with Crippen molar-refractivity contribution < 1.29 is 14.2 Å². The molecule has 0 bridgehead atoms. The van der Waals surface area contributed by atoms with Crippen LogP contribution in [0.3, 0.4) is 0 Å². The first-order valence-electron chi connectivity index (χ1n) is 10.5. The van der Waals surface area contributed by atoms with E-state index in [0.717, 1.165) is 69.4 Å². The molecule has 1 N–H and O–H groups in total. The Bertz CT molecular complexity index is 636. The molecular weight excluding hydrogens is 354 g/mol. The number of ether oxygens (including phenoxy) is 3. The SMILES string of the molecule is CN=C(NCc1ccc(OC)c(C)c1)N1CCC(OCC2CCCCO2)CC1. The Morgan fingerprint density at radius 3 is 2.71 bits per heavy atom. The molecule has 1 aromatic rings. The van der Waals surface area contributed by atoms with Gasteiger partial charge < -0.3 is 24.4 Å². The Kier molecular flexibility index (Phi) is 7.98. The van der Waals surface area contributed by atoms with Crippen molar-refractivity contribution in [3.63, 3.8) is 0 Å². The topological polar surface area (TPSA) is 55.3 Å². The molecule has 3 rings (SSSR count). The third-order valence-corrected chi connectivity index (χ3v) is 5.66. The van der Waals surface area contributed by atoms with E-state index >= 15 is 0 Å². The molecule has 6 nitrogen and oxygen atoms in total. The number of aliphatic imine (C=N–C) groups is 1. The quantitative estimate of drug-likeness (QED) is 0.598. The van der Waals surface area contributed by atoms with Gasteiger partial charge in [-0.1, -0.05) is 12.1 Å². The Balaban J connectivity index is 1.41. The highest BCUT2D eigenvalue weighted by Gasteiger charge is 2.23. The van der Waals surface area contributed by atoms with E-state index in [1.54, 1.807) is 7.11 Å². The van der Waals surface area contributed by atoms with E-state index in [0.29, 0.717) is 12.2 Å². The van der Waals surface area contributed by atoms with Crippen LogP contribution in [0.2, 0.25) is 0 Å². The largest absolute Gasteiger partial charge is 0.496 e. The molecule has 0 radical (unpaired) electrons. The number of piperidine rings is 1. The van der Waals surface area contributed by atoms with Crippen molar-refractivity contribution in [1.29, 1.82) is 0 Å². The fraction of sp³-hybridized carbons (Fsp3) is 0.682. The molecule has 2 heterocycles. The molecule has 0 amide bonds. The summed E-state index contributed by atoms with van der Waals surface area (Å²) < 4.78 is 17.2. The summed E-state index contributed by atoms with van der Waals surface area (Å²) in [5.41, 5.74) is 2.38. The van der Waals surface area contributed by atoms with Gasteiger partial charge in [-0.2, -0.15) is 0 Å². The molecule has 6 heteroatoms. The number of hydrogen-bond donors (Lipinski definition) is 1. The van der Waals surface area contributed by atoms with Gasteiger partial charge in [0.2, 0.25) is 0 Å². The van der Waals surface area contributed by atoms with Gasteiger partial charge in [-0.15, -0.1) is 0 Å². The number of rotatable bonds is 6. The van der Waals surface area contributed by atoms with E-state index in [2.05, 4.69) is 34.3 Å². The van der Waals surface area contributed by atoms with Crippen LogP contribution in [0.25, 0.3) is 0 Å². The lowest BCUT2D eigenvalue weighted by Gasteiger charge is -2.35. The minimum atomic E-state index is 0.300. The molecule has 1 aromatic carbocycles. The second-order valence-electron chi connectivity index (χ2n) is 7.71. The van der Waals surface area contributed by atoms with Gasteiger partial charge in [0.25, 0.3) is 0 Å². The summed E-state index contributed by atoms with van der Waals surface area (Å²) in [5.74, 6) is 1.89. The van der Waals surface area contributed by atoms with Crippen molar-refractivity contribution in [1.82, 2.24) is 10.2 Å².